The molecule has 124 valence electrons. The molecular formula is C24H16ClN. The summed E-state index contributed by atoms with van der Waals surface area (Å²) >= 11 is 6.66. The van der Waals surface area contributed by atoms with Crippen LogP contribution in [0.4, 0.5) is 0 Å². The summed E-state index contributed by atoms with van der Waals surface area (Å²) in [4.78, 5) is 0. The number of rotatable bonds is 2. The first-order valence-corrected chi connectivity index (χ1v) is 9.04. The summed E-state index contributed by atoms with van der Waals surface area (Å²) in [6.45, 7) is 0. The van der Waals surface area contributed by atoms with Gasteiger partial charge in [0.25, 0.3) is 0 Å². The van der Waals surface area contributed by atoms with Crippen LogP contribution in [-0.2, 0) is 0 Å². The van der Waals surface area contributed by atoms with E-state index in [1.54, 1.807) is 0 Å². The molecule has 1 heterocycles. The maximum absolute atomic E-state index is 6.66. The van der Waals surface area contributed by atoms with Crippen LogP contribution in [0.3, 0.4) is 0 Å². The molecule has 0 amide bonds. The summed E-state index contributed by atoms with van der Waals surface area (Å²) in [5, 5.41) is 3.23. The SMILES string of the molecule is Clc1ccc(-c2ccccc2)cc1-n1c2ccccc2c2ccccc21. The van der Waals surface area contributed by atoms with Crippen molar-refractivity contribution < 1.29 is 0 Å². The normalized spacial score (nSPS) is 11.3. The number of nitrogens with zero attached hydrogens (tertiary/aromatic N) is 1. The van der Waals surface area contributed by atoms with Crippen LogP contribution >= 0.6 is 11.6 Å². The highest BCUT2D eigenvalue weighted by Crippen LogP contribution is 2.36. The molecule has 2 heteroatoms. The first-order chi connectivity index (χ1) is 12.8. The third kappa shape index (κ3) is 2.33. The average molecular weight is 354 g/mol. The lowest BCUT2D eigenvalue weighted by Gasteiger charge is -2.12. The largest absolute Gasteiger partial charge is 0.308 e. The van der Waals surface area contributed by atoms with E-state index in [2.05, 4.69) is 89.5 Å². The maximum Gasteiger partial charge on any atom is 0.0654 e. The molecule has 5 aromatic rings. The van der Waals surface area contributed by atoms with Crippen molar-refractivity contribution in [2.24, 2.45) is 0 Å². The number of aromatic nitrogens is 1. The molecule has 0 fully saturated rings. The Balaban J connectivity index is 1.85. The third-order valence-electron chi connectivity index (χ3n) is 4.87. The molecule has 0 aliphatic rings. The lowest BCUT2D eigenvalue weighted by molar-refractivity contribution is 1.18. The predicted molar refractivity (Wildman–Crippen MR) is 111 cm³/mol. The number of hydrogen-bond donors (Lipinski definition) is 0. The van der Waals surface area contributed by atoms with Gasteiger partial charge in [-0.1, -0.05) is 84.4 Å². The van der Waals surface area contributed by atoms with Gasteiger partial charge in [-0.05, 0) is 35.4 Å². The van der Waals surface area contributed by atoms with Gasteiger partial charge in [0.05, 0.1) is 21.7 Å². The molecule has 0 N–H and O–H groups in total. The zero-order valence-corrected chi connectivity index (χ0v) is 14.8. The predicted octanol–water partition coefficient (Wildman–Crippen LogP) is 7.10. The standard InChI is InChI=1S/C24H16ClN/c25-21-15-14-18(17-8-2-1-3-9-17)16-24(21)26-22-12-6-4-10-19(22)20-11-5-7-13-23(20)26/h1-16H. The quantitative estimate of drug-likeness (QED) is 0.319. The Morgan fingerprint density at radius 1 is 0.538 bits per heavy atom. The van der Waals surface area contributed by atoms with Crippen LogP contribution in [-0.4, -0.2) is 4.57 Å². The van der Waals surface area contributed by atoms with E-state index >= 15 is 0 Å². The molecule has 0 aliphatic carbocycles. The fourth-order valence-electron chi connectivity index (χ4n) is 3.68. The van der Waals surface area contributed by atoms with Gasteiger partial charge in [-0.15, -0.1) is 0 Å². The highest BCUT2D eigenvalue weighted by molar-refractivity contribution is 6.32. The Morgan fingerprint density at radius 3 is 1.77 bits per heavy atom. The van der Waals surface area contributed by atoms with Crippen LogP contribution in [0.15, 0.2) is 97.1 Å². The molecule has 1 aromatic heterocycles. The summed E-state index contributed by atoms with van der Waals surface area (Å²) in [5.41, 5.74) is 5.69. The zero-order valence-electron chi connectivity index (χ0n) is 14.1. The molecule has 0 aliphatic heterocycles. The number of halogens is 1. The van der Waals surface area contributed by atoms with Crippen molar-refractivity contribution >= 4 is 33.4 Å². The first-order valence-electron chi connectivity index (χ1n) is 8.66. The Bertz CT molecular complexity index is 1180. The van der Waals surface area contributed by atoms with E-state index in [-0.39, 0.29) is 0 Å². The van der Waals surface area contributed by atoms with E-state index in [0.717, 1.165) is 16.3 Å². The molecule has 4 aromatic carbocycles. The lowest BCUT2D eigenvalue weighted by atomic mass is 10.1. The van der Waals surface area contributed by atoms with E-state index in [1.807, 2.05) is 12.1 Å². The van der Waals surface area contributed by atoms with Crippen LogP contribution < -0.4 is 0 Å². The second-order valence-corrected chi connectivity index (χ2v) is 6.81. The van der Waals surface area contributed by atoms with E-state index in [4.69, 9.17) is 11.6 Å². The molecule has 5 rings (SSSR count). The number of benzene rings is 4. The molecule has 0 saturated heterocycles. The van der Waals surface area contributed by atoms with Crippen LogP contribution in [0.2, 0.25) is 5.02 Å². The molecular weight excluding hydrogens is 338 g/mol. The van der Waals surface area contributed by atoms with E-state index in [9.17, 15) is 0 Å². The second kappa shape index (κ2) is 6.05. The summed E-state index contributed by atoms with van der Waals surface area (Å²) in [5.74, 6) is 0. The molecule has 0 saturated carbocycles. The molecule has 1 nitrogen and oxygen atoms in total. The minimum Gasteiger partial charge on any atom is -0.308 e. The van der Waals surface area contributed by atoms with Crippen molar-refractivity contribution in [3.8, 4) is 16.8 Å². The van der Waals surface area contributed by atoms with Crippen LogP contribution in [0.1, 0.15) is 0 Å². The topological polar surface area (TPSA) is 4.93 Å². The molecule has 26 heavy (non-hydrogen) atoms. The van der Waals surface area contributed by atoms with Crippen molar-refractivity contribution in [3.05, 3.63) is 102 Å². The Hall–Kier alpha value is -3.03. The molecule has 0 bridgehead atoms. The number of fused-ring (bicyclic) bond motifs is 3. The van der Waals surface area contributed by atoms with Gasteiger partial charge in [-0.2, -0.15) is 0 Å². The van der Waals surface area contributed by atoms with Gasteiger partial charge in [-0.25, -0.2) is 0 Å². The van der Waals surface area contributed by atoms with Gasteiger partial charge in [0.15, 0.2) is 0 Å². The zero-order chi connectivity index (χ0) is 17.5. The third-order valence-corrected chi connectivity index (χ3v) is 5.19. The number of para-hydroxylation sites is 2. The van der Waals surface area contributed by atoms with Crippen molar-refractivity contribution in [1.82, 2.24) is 4.57 Å². The first kappa shape index (κ1) is 15.2. The Morgan fingerprint density at radius 2 is 1.12 bits per heavy atom. The second-order valence-electron chi connectivity index (χ2n) is 6.40. The smallest absolute Gasteiger partial charge is 0.0654 e. The Labute approximate surface area is 157 Å². The van der Waals surface area contributed by atoms with E-state index in [0.29, 0.717) is 0 Å². The number of hydrogen-bond acceptors (Lipinski definition) is 0. The molecule has 0 atom stereocenters. The summed E-state index contributed by atoms with van der Waals surface area (Å²) in [6.07, 6.45) is 0. The van der Waals surface area contributed by atoms with Gasteiger partial charge in [0, 0.05) is 10.8 Å². The van der Waals surface area contributed by atoms with Crippen LogP contribution in [0, 0.1) is 0 Å². The fraction of sp³-hybridized carbons (Fsp3) is 0. The van der Waals surface area contributed by atoms with Crippen molar-refractivity contribution in [2.75, 3.05) is 0 Å². The van der Waals surface area contributed by atoms with Crippen molar-refractivity contribution in [2.45, 2.75) is 0 Å². The van der Waals surface area contributed by atoms with Gasteiger partial charge in [0.1, 0.15) is 0 Å². The monoisotopic (exact) mass is 353 g/mol. The van der Waals surface area contributed by atoms with Gasteiger partial charge < -0.3 is 4.57 Å². The fourth-order valence-corrected chi connectivity index (χ4v) is 3.88. The van der Waals surface area contributed by atoms with Crippen LogP contribution in [0.5, 0.6) is 0 Å². The summed E-state index contributed by atoms with van der Waals surface area (Å²) in [7, 11) is 0. The molecule has 0 unspecified atom stereocenters. The van der Waals surface area contributed by atoms with Gasteiger partial charge >= 0.3 is 0 Å². The average Bonchev–Trinajstić information content (AvgIpc) is 3.04. The maximum atomic E-state index is 6.66. The van der Waals surface area contributed by atoms with Crippen LogP contribution in [0.25, 0.3) is 38.6 Å². The van der Waals surface area contributed by atoms with E-state index in [1.165, 1.54) is 27.4 Å². The Kier molecular flexibility index (Phi) is 3.55. The highest BCUT2D eigenvalue weighted by Gasteiger charge is 2.14. The van der Waals surface area contributed by atoms with Gasteiger partial charge in [-0.3, -0.25) is 0 Å². The minimum absolute atomic E-state index is 0.746. The summed E-state index contributed by atoms with van der Waals surface area (Å²) in [6, 6.07) is 33.6. The van der Waals surface area contributed by atoms with E-state index < -0.39 is 0 Å². The van der Waals surface area contributed by atoms with Gasteiger partial charge in [0.2, 0.25) is 0 Å². The summed E-state index contributed by atoms with van der Waals surface area (Å²) < 4.78 is 2.26. The molecule has 0 radical (unpaired) electrons. The highest BCUT2D eigenvalue weighted by atomic mass is 35.5. The minimum atomic E-state index is 0.746. The van der Waals surface area contributed by atoms with Crippen molar-refractivity contribution in [1.29, 1.82) is 0 Å². The molecule has 0 spiro atoms. The lowest BCUT2D eigenvalue weighted by Crippen LogP contribution is -1.95. The van der Waals surface area contributed by atoms with Crippen molar-refractivity contribution in [3.63, 3.8) is 0 Å².